The van der Waals surface area contributed by atoms with E-state index >= 15 is 0 Å². The van der Waals surface area contributed by atoms with Gasteiger partial charge in [0.15, 0.2) is 0 Å². The third-order valence-corrected chi connectivity index (χ3v) is 3.45. The van der Waals surface area contributed by atoms with E-state index in [1.54, 1.807) is 41.0 Å². The van der Waals surface area contributed by atoms with Gasteiger partial charge in [-0.15, -0.1) is 0 Å². The van der Waals surface area contributed by atoms with Crippen LogP contribution in [0.15, 0.2) is 47.4 Å². The van der Waals surface area contributed by atoms with E-state index in [4.69, 9.17) is 5.11 Å². The normalized spacial score (nSPS) is 10.9. The Balaban J connectivity index is 2.21. The Morgan fingerprint density at radius 2 is 1.73 bits per heavy atom. The molecule has 5 heteroatoms. The minimum atomic E-state index is -0.944. The third kappa shape index (κ3) is 4.05. The lowest BCUT2D eigenvalue weighted by Gasteiger charge is -2.11. The first kappa shape index (κ1) is 16.0. The minimum absolute atomic E-state index is 0.0235. The maximum absolute atomic E-state index is 11.9. The van der Waals surface area contributed by atoms with Crippen molar-refractivity contribution in [1.82, 2.24) is 9.47 Å². The van der Waals surface area contributed by atoms with Crippen molar-refractivity contribution in [3.05, 3.63) is 58.5 Å². The highest BCUT2D eigenvalue weighted by Crippen LogP contribution is 2.18. The number of carbonyl (C=O) groups is 1. The van der Waals surface area contributed by atoms with Gasteiger partial charge in [0.1, 0.15) is 0 Å². The van der Waals surface area contributed by atoms with Gasteiger partial charge < -0.3 is 14.6 Å². The van der Waals surface area contributed by atoms with Crippen LogP contribution >= 0.6 is 0 Å². The van der Waals surface area contributed by atoms with Crippen molar-refractivity contribution in [3.63, 3.8) is 0 Å². The molecule has 0 radical (unpaired) electrons. The van der Waals surface area contributed by atoms with Gasteiger partial charge in [-0.2, -0.15) is 0 Å². The van der Waals surface area contributed by atoms with Gasteiger partial charge in [0.2, 0.25) is 0 Å². The largest absolute Gasteiger partial charge is 0.478 e. The average molecular weight is 300 g/mol. The van der Waals surface area contributed by atoms with Gasteiger partial charge in [0, 0.05) is 18.8 Å². The molecule has 0 amide bonds. The van der Waals surface area contributed by atoms with Crippen molar-refractivity contribution in [2.75, 3.05) is 20.6 Å². The smallest absolute Gasteiger partial charge is 0.335 e. The number of aromatic nitrogens is 1. The molecule has 0 unspecified atom stereocenters. The predicted molar refractivity (Wildman–Crippen MR) is 86.3 cm³/mol. The fourth-order valence-electron chi connectivity index (χ4n) is 2.24. The number of hydrogen-bond donors (Lipinski definition) is 1. The standard InChI is InChI=1S/C17H20N2O3/c1-18(2)10-3-11-19-12-15(8-9-16(19)20)13-4-6-14(7-5-13)17(21)22/h4-9,12H,3,10-11H2,1-2H3,(H,21,22). The second kappa shape index (κ2) is 7.04. The number of aromatic carboxylic acids is 1. The molecule has 0 aliphatic rings. The number of nitrogens with zero attached hydrogens (tertiary/aromatic N) is 2. The number of pyridine rings is 1. The van der Waals surface area contributed by atoms with Gasteiger partial charge in [0.25, 0.3) is 5.56 Å². The molecule has 0 fully saturated rings. The summed E-state index contributed by atoms with van der Waals surface area (Å²) in [5.74, 6) is -0.944. The van der Waals surface area contributed by atoms with Gasteiger partial charge in [0.05, 0.1) is 5.56 Å². The molecule has 0 aliphatic heterocycles. The molecular weight excluding hydrogens is 280 g/mol. The first-order valence-corrected chi connectivity index (χ1v) is 7.16. The highest BCUT2D eigenvalue weighted by atomic mass is 16.4. The van der Waals surface area contributed by atoms with E-state index in [0.717, 1.165) is 24.1 Å². The zero-order valence-electron chi connectivity index (χ0n) is 12.8. The first-order valence-electron chi connectivity index (χ1n) is 7.16. The summed E-state index contributed by atoms with van der Waals surface area (Å²) < 4.78 is 1.70. The zero-order chi connectivity index (χ0) is 16.1. The van der Waals surface area contributed by atoms with E-state index in [2.05, 4.69) is 4.90 Å². The van der Waals surface area contributed by atoms with Gasteiger partial charge in [-0.3, -0.25) is 4.79 Å². The molecule has 5 nitrogen and oxygen atoms in total. The lowest BCUT2D eigenvalue weighted by molar-refractivity contribution is 0.0697. The molecule has 0 bridgehead atoms. The van der Waals surface area contributed by atoms with Crippen LogP contribution in [0.1, 0.15) is 16.8 Å². The number of hydrogen-bond acceptors (Lipinski definition) is 3. The van der Waals surface area contributed by atoms with Crippen LogP contribution in [0.3, 0.4) is 0 Å². The molecule has 1 N–H and O–H groups in total. The summed E-state index contributed by atoms with van der Waals surface area (Å²) in [7, 11) is 4.01. The van der Waals surface area contributed by atoms with Gasteiger partial charge >= 0.3 is 5.97 Å². The van der Waals surface area contributed by atoms with Crippen LogP contribution in [0.5, 0.6) is 0 Å². The zero-order valence-corrected chi connectivity index (χ0v) is 12.8. The quantitative estimate of drug-likeness (QED) is 0.888. The molecule has 0 spiro atoms. The van der Waals surface area contributed by atoms with E-state index in [-0.39, 0.29) is 11.1 Å². The second-order valence-electron chi connectivity index (χ2n) is 5.49. The van der Waals surface area contributed by atoms with E-state index in [1.165, 1.54) is 0 Å². The topological polar surface area (TPSA) is 62.5 Å². The lowest BCUT2D eigenvalue weighted by Crippen LogP contribution is -2.21. The van der Waals surface area contributed by atoms with Crippen molar-refractivity contribution in [2.45, 2.75) is 13.0 Å². The molecule has 22 heavy (non-hydrogen) atoms. The first-order chi connectivity index (χ1) is 10.5. The maximum Gasteiger partial charge on any atom is 0.335 e. The van der Waals surface area contributed by atoms with Crippen LogP contribution in [0, 0.1) is 0 Å². The van der Waals surface area contributed by atoms with Crippen molar-refractivity contribution in [1.29, 1.82) is 0 Å². The molecule has 2 rings (SSSR count). The van der Waals surface area contributed by atoms with Crippen LogP contribution in [0.4, 0.5) is 0 Å². The fourth-order valence-corrected chi connectivity index (χ4v) is 2.24. The van der Waals surface area contributed by atoms with E-state index < -0.39 is 5.97 Å². The van der Waals surface area contributed by atoms with Crippen molar-refractivity contribution in [2.24, 2.45) is 0 Å². The number of benzene rings is 1. The number of carboxylic acids is 1. The Labute approximate surface area is 129 Å². The van der Waals surface area contributed by atoms with Crippen LogP contribution in [0.2, 0.25) is 0 Å². The molecular formula is C17H20N2O3. The summed E-state index contributed by atoms with van der Waals surface area (Å²) in [6, 6.07) is 9.97. The minimum Gasteiger partial charge on any atom is -0.478 e. The van der Waals surface area contributed by atoms with Crippen molar-refractivity contribution < 1.29 is 9.90 Å². The molecule has 0 saturated carbocycles. The predicted octanol–water partition coefficient (Wildman–Crippen LogP) is 2.17. The van der Waals surface area contributed by atoms with Crippen LogP contribution in [-0.2, 0) is 6.54 Å². The molecule has 116 valence electrons. The molecule has 0 aliphatic carbocycles. The number of rotatable bonds is 6. The summed E-state index contributed by atoms with van der Waals surface area (Å²) in [4.78, 5) is 24.8. The fraction of sp³-hybridized carbons (Fsp3) is 0.294. The van der Waals surface area contributed by atoms with Crippen molar-refractivity contribution in [3.8, 4) is 11.1 Å². The molecule has 0 atom stereocenters. The lowest BCUT2D eigenvalue weighted by atomic mass is 10.1. The van der Waals surface area contributed by atoms with Gasteiger partial charge in [-0.25, -0.2) is 4.79 Å². The number of carboxylic acid groups (broad SMARTS) is 1. The Hall–Kier alpha value is -2.40. The summed E-state index contributed by atoms with van der Waals surface area (Å²) >= 11 is 0. The van der Waals surface area contributed by atoms with E-state index in [9.17, 15) is 9.59 Å². The summed E-state index contributed by atoms with van der Waals surface area (Å²) in [5, 5.41) is 8.92. The Morgan fingerprint density at radius 1 is 1.09 bits per heavy atom. The van der Waals surface area contributed by atoms with E-state index in [1.807, 2.05) is 20.3 Å². The van der Waals surface area contributed by atoms with E-state index in [0.29, 0.717) is 6.54 Å². The summed E-state index contributed by atoms with van der Waals surface area (Å²) in [6.07, 6.45) is 2.72. The highest BCUT2D eigenvalue weighted by Gasteiger charge is 2.05. The van der Waals surface area contributed by atoms with Crippen molar-refractivity contribution >= 4 is 5.97 Å². The SMILES string of the molecule is CN(C)CCCn1cc(-c2ccc(C(=O)O)cc2)ccc1=O. The Kier molecular flexibility index (Phi) is 5.12. The third-order valence-electron chi connectivity index (χ3n) is 3.45. The average Bonchev–Trinajstić information content (AvgIpc) is 2.49. The highest BCUT2D eigenvalue weighted by molar-refractivity contribution is 5.88. The summed E-state index contributed by atoms with van der Waals surface area (Å²) in [5.41, 5.74) is 2.03. The molecule has 1 aromatic carbocycles. The monoisotopic (exact) mass is 300 g/mol. The number of aryl methyl sites for hydroxylation is 1. The Morgan fingerprint density at radius 3 is 2.32 bits per heavy atom. The molecule has 0 saturated heterocycles. The van der Waals surface area contributed by atoms with Crippen LogP contribution in [-0.4, -0.2) is 41.2 Å². The Bertz CT molecular complexity index is 703. The van der Waals surface area contributed by atoms with Gasteiger partial charge in [-0.05, 0) is 56.4 Å². The second-order valence-corrected chi connectivity index (χ2v) is 5.49. The van der Waals surface area contributed by atoms with Gasteiger partial charge in [-0.1, -0.05) is 12.1 Å². The summed E-state index contributed by atoms with van der Waals surface area (Å²) in [6.45, 7) is 1.59. The van der Waals surface area contributed by atoms with Crippen LogP contribution in [0.25, 0.3) is 11.1 Å². The molecule has 2 aromatic rings. The molecule has 1 aromatic heterocycles. The maximum atomic E-state index is 11.9. The molecule has 1 heterocycles. The van der Waals surface area contributed by atoms with Crippen LogP contribution < -0.4 is 5.56 Å².